The lowest BCUT2D eigenvalue weighted by Crippen LogP contribution is -2.14. The van der Waals surface area contributed by atoms with E-state index in [-0.39, 0.29) is 0 Å². The molecule has 0 fully saturated rings. The Morgan fingerprint density at radius 1 is 1.19 bits per heavy atom. The van der Waals surface area contributed by atoms with Crippen molar-refractivity contribution in [2.75, 3.05) is 20.7 Å². The van der Waals surface area contributed by atoms with Crippen LogP contribution in [0, 0.1) is 6.92 Å². The van der Waals surface area contributed by atoms with Crippen LogP contribution in [0.5, 0.6) is 5.75 Å². The fourth-order valence-corrected chi connectivity index (χ4v) is 2.48. The van der Waals surface area contributed by atoms with Crippen LogP contribution in [0.15, 0.2) is 41.4 Å². The van der Waals surface area contributed by atoms with E-state index in [0.29, 0.717) is 17.7 Å². The lowest BCUT2D eigenvalue weighted by Gasteiger charge is -2.14. The van der Waals surface area contributed by atoms with Gasteiger partial charge in [0, 0.05) is 19.7 Å². The molecule has 0 N–H and O–H groups in total. The van der Waals surface area contributed by atoms with Crippen molar-refractivity contribution >= 4 is 12.0 Å². The molecule has 0 spiro atoms. The first-order valence-corrected chi connectivity index (χ1v) is 8.32. The minimum absolute atomic E-state index is 0.374. The fraction of sp³-hybridized carbons (Fsp3) is 0.350. The number of methoxy groups -OCH3 is 1. The lowest BCUT2D eigenvalue weighted by molar-refractivity contribution is -0.137. The molecule has 2 rings (SSSR count). The van der Waals surface area contributed by atoms with Gasteiger partial charge in [-0.05, 0) is 49.1 Å². The van der Waals surface area contributed by atoms with Gasteiger partial charge in [-0.3, -0.25) is 0 Å². The van der Waals surface area contributed by atoms with E-state index < -0.39 is 11.7 Å². The number of nitrogens with zero attached hydrogens (tertiary/aromatic N) is 2. The Labute approximate surface area is 152 Å². The van der Waals surface area contributed by atoms with Crippen molar-refractivity contribution in [3.63, 3.8) is 0 Å². The number of halogens is 3. The highest BCUT2D eigenvalue weighted by atomic mass is 19.4. The average Bonchev–Trinajstić information content (AvgIpc) is 2.61. The summed E-state index contributed by atoms with van der Waals surface area (Å²) in [5.74, 6) is 0.629. The number of alkyl halides is 3. The van der Waals surface area contributed by atoms with Crippen LogP contribution in [-0.4, -0.2) is 31.9 Å². The van der Waals surface area contributed by atoms with E-state index in [4.69, 9.17) is 4.74 Å². The van der Waals surface area contributed by atoms with Crippen LogP contribution in [0.3, 0.4) is 0 Å². The van der Waals surface area contributed by atoms with Gasteiger partial charge in [-0.1, -0.05) is 18.2 Å². The van der Waals surface area contributed by atoms with Crippen LogP contribution in [0.1, 0.15) is 29.2 Å². The predicted molar refractivity (Wildman–Crippen MR) is 98.4 cm³/mol. The molecule has 0 aliphatic carbocycles. The van der Waals surface area contributed by atoms with E-state index >= 15 is 0 Å². The van der Waals surface area contributed by atoms with Gasteiger partial charge in [-0.2, -0.15) is 13.2 Å². The van der Waals surface area contributed by atoms with Crippen molar-refractivity contribution in [3.05, 3.63) is 58.7 Å². The van der Waals surface area contributed by atoms with Gasteiger partial charge in [0.05, 0.1) is 24.7 Å². The zero-order chi connectivity index (χ0) is 19.3. The van der Waals surface area contributed by atoms with Gasteiger partial charge in [-0.25, -0.2) is 4.99 Å². The van der Waals surface area contributed by atoms with Crippen LogP contribution in [0.25, 0.3) is 0 Å². The van der Waals surface area contributed by atoms with Crippen LogP contribution in [0.4, 0.5) is 18.9 Å². The second-order valence-electron chi connectivity index (χ2n) is 6.12. The Bertz CT molecular complexity index is 785. The van der Waals surface area contributed by atoms with E-state index in [9.17, 15) is 13.2 Å². The highest BCUT2D eigenvalue weighted by Crippen LogP contribution is 2.32. The second kappa shape index (κ2) is 8.25. The lowest BCUT2D eigenvalue weighted by atomic mass is 9.97. The molecule has 0 aliphatic rings. The molecule has 0 radical (unpaired) electrons. The zero-order valence-corrected chi connectivity index (χ0v) is 15.4. The number of benzene rings is 2. The molecule has 140 valence electrons. The number of ether oxygens (including phenoxy) is 1. The van der Waals surface area contributed by atoms with E-state index in [1.807, 2.05) is 37.9 Å². The van der Waals surface area contributed by atoms with Crippen LogP contribution >= 0.6 is 0 Å². The minimum Gasteiger partial charge on any atom is -0.497 e. The SMILES string of the molecule is CCN(C)C=Nc1cc(OC)cc(Cc2cccc(C(F)(F)F)c2)c1C. The third-order valence-corrected chi connectivity index (χ3v) is 4.24. The van der Waals surface area contributed by atoms with Gasteiger partial charge >= 0.3 is 6.18 Å². The summed E-state index contributed by atoms with van der Waals surface area (Å²) in [7, 11) is 3.48. The van der Waals surface area contributed by atoms with E-state index in [0.717, 1.165) is 29.4 Å². The number of hydrogen-bond donors (Lipinski definition) is 0. The molecule has 26 heavy (non-hydrogen) atoms. The quantitative estimate of drug-likeness (QED) is 0.518. The summed E-state index contributed by atoms with van der Waals surface area (Å²) < 4.78 is 44.1. The molecular weight excluding hydrogens is 341 g/mol. The molecule has 6 heteroatoms. The summed E-state index contributed by atoms with van der Waals surface area (Å²) in [6.45, 7) is 4.76. The van der Waals surface area contributed by atoms with Crippen molar-refractivity contribution in [1.29, 1.82) is 0 Å². The largest absolute Gasteiger partial charge is 0.497 e. The molecule has 2 aromatic carbocycles. The monoisotopic (exact) mass is 364 g/mol. The van der Waals surface area contributed by atoms with Gasteiger partial charge < -0.3 is 9.64 Å². The zero-order valence-electron chi connectivity index (χ0n) is 15.4. The standard InChI is InChI=1S/C20H23F3N2O/c1-5-25(3)13-24-19-12-18(26-4)11-16(14(19)2)9-15-7-6-8-17(10-15)20(21,22)23/h6-8,10-13H,5,9H2,1-4H3. The van der Waals surface area contributed by atoms with E-state index in [2.05, 4.69) is 4.99 Å². The third kappa shape index (κ3) is 5.00. The normalized spacial score (nSPS) is 11.8. The van der Waals surface area contributed by atoms with Gasteiger partial charge in [0.2, 0.25) is 0 Å². The highest BCUT2D eigenvalue weighted by Gasteiger charge is 2.30. The molecule has 0 heterocycles. The van der Waals surface area contributed by atoms with Crippen LogP contribution in [-0.2, 0) is 12.6 Å². The first kappa shape index (κ1) is 19.8. The first-order valence-electron chi connectivity index (χ1n) is 8.32. The number of rotatable bonds is 6. The molecule has 0 bridgehead atoms. The van der Waals surface area contributed by atoms with Crippen LogP contribution in [0.2, 0.25) is 0 Å². The summed E-state index contributed by atoms with van der Waals surface area (Å²) in [4.78, 5) is 6.42. The first-order chi connectivity index (χ1) is 12.2. The van der Waals surface area contributed by atoms with Gasteiger partial charge in [-0.15, -0.1) is 0 Å². The van der Waals surface area contributed by atoms with Crippen LogP contribution < -0.4 is 4.74 Å². The maximum Gasteiger partial charge on any atom is 0.416 e. The topological polar surface area (TPSA) is 24.8 Å². The van der Waals surface area contributed by atoms with Gasteiger partial charge in [0.15, 0.2) is 0 Å². The molecule has 0 saturated heterocycles. The minimum atomic E-state index is -4.35. The number of aliphatic imine (C=N–C) groups is 1. The van der Waals surface area contributed by atoms with Gasteiger partial charge in [0.1, 0.15) is 5.75 Å². The van der Waals surface area contributed by atoms with Crippen molar-refractivity contribution < 1.29 is 17.9 Å². The number of hydrogen-bond acceptors (Lipinski definition) is 2. The predicted octanol–water partition coefficient (Wildman–Crippen LogP) is 5.22. The second-order valence-corrected chi connectivity index (χ2v) is 6.12. The van der Waals surface area contributed by atoms with Gasteiger partial charge in [0.25, 0.3) is 0 Å². The highest BCUT2D eigenvalue weighted by molar-refractivity contribution is 5.65. The molecule has 2 aromatic rings. The summed E-state index contributed by atoms with van der Waals surface area (Å²) >= 11 is 0. The van der Waals surface area contributed by atoms with Crippen molar-refractivity contribution in [2.24, 2.45) is 4.99 Å². The van der Waals surface area contributed by atoms with Crippen molar-refractivity contribution in [2.45, 2.75) is 26.4 Å². The van der Waals surface area contributed by atoms with E-state index in [1.54, 1.807) is 19.5 Å². The fourth-order valence-electron chi connectivity index (χ4n) is 2.48. The molecular formula is C20H23F3N2O. The summed E-state index contributed by atoms with van der Waals surface area (Å²) in [5.41, 5.74) is 2.50. The summed E-state index contributed by atoms with van der Waals surface area (Å²) in [6.07, 6.45) is -2.24. The van der Waals surface area contributed by atoms with E-state index in [1.165, 1.54) is 12.1 Å². The molecule has 0 unspecified atom stereocenters. The third-order valence-electron chi connectivity index (χ3n) is 4.24. The molecule has 0 aromatic heterocycles. The molecule has 0 saturated carbocycles. The average molecular weight is 364 g/mol. The molecule has 0 aliphatic heterocycles. The maximum absolute atomic E-state index is 12.9. The summed E-state index contributed by atoms with van der Waals surface area (Å²) in [5, 5.41) is 0. The molecule has 0 atom stereocenters. The smallest absolute Gasteiger partial charge is 0.416 e. The Kier molecular flexibility index (Phi) is 6.29. The Balaban J connectivity index is 2.39. The maximum atomic E-state index is 12.9. The van der Waals surface area contributed by atoms with Crippen molar-refractivity contribution in [1.82, 2.24) is 4.90 Å². The molecule has 0 amide bonds. The van der Waals surface area contributed by atoms with Crippen molar-refractivity contribution in [3.8, 4) is 5.75 Å². The Morgan fingerprint density at radius 3 is 2.54 bits per heavy atom. The summed E-state index contributed by atoms with van der Waals surface area (Å²) in [6, 6.07) is 9.07. The Hall–Kier alpha value is -2.50. The molecule has 3 nitrogen and oxygen atoms in total. The Morgan fingerprint density at radius 2 is 1.92 bits per heavy atom.